The molecule has 0 amide bonds. The topological polar surface area (TPSA) is 61.7 Å². The molecule has 0 atom stereocenters. The smallest absolute Gasteiger partial charge is 0.162 e. The number of rotatable bonds is 4. The molecule has 0 aliphatic heterocycles. The SMILES string of the molecule is COc1ccc(NCc2cccc(O)c2O)cc1Br. The summed E-state index contributed by atoms with van der Waals surface area (Å²) in [4.78, 5) is 0. The molecule has 0 fully saturated rings. The number of anilines is 1. The van der Waals surface area contributed by atoms with E-state index < -0.39 is 0 Å². The molecule has 0 saturated heterocycles. The van der Waals surface area contributed by atoms with Gasteiger partial charge in [0, 0.05) is 17.8 Å². The maximum Gasteiger partial charge on any atom is 0.162 e. The van der Waals surface area contributed by atoms with E-state index in [0.29, 0.717) is 12.1 Å². The molecule has 0 unspecified atom stereocenters. The molecular formula is C14H14BrNO3. The van der Waals surface area contributed by atoms with Crippen LogP contribution in [0.1, 0.15) is 5.56 Å². The highest BCUT2D eigenvalue weighted by atomic mass is 79.9. The lowest BCUT2D eigenvalue weighted by molar-refractivity contribution is 0.400. The number of phenols is 2. The Labute approximate surface area is 119 Å². The van der Waals surface area contributed by atoms with Gasteiger partial charge >= 0.3 is 0 Å². The van der Waals surface area contributed by atoms with Gasteiger partial charge in [-0.3, -0.25) is 0 Å². The number of hydrogen-bond donors (Lipinski definition) is 3. The largest absolute Gasteiger partial charge is 0.504 e. The Balaban J connectivity index is 2.10. The normalized spacial score (nSPS) is 10.2. The van der Waals surface area contributed by atoms with Gasteiger partial charge in [0.2, 0.25) is 0 Å². The average Bonchev–Trinajstić information content (AvgIpc) is 2.40. The van der Waals surface area contributed by atoms with Crippen LogP contribution < -0.4 is 10.1 Å². The van der Waals surface area contributed by atoms with Crippen LogP contribution in [0.3, 0.4) is 0 Å². The van der Waals surface area contributed by atoms with Crippen LogP contribution in [-0.2, 0) is 6.54 Å². The summed E-state index contributed by atoms with van der Waals surface area (Å²) in [6.07, 6.45) is 0. The highest BCUT2D eigenvalue weighted by molar-refractivity contribution is 9.10. The highest BCUT2D eigenvalue weighted by Gasteiger charge is 2.06. The summed E-state index contributed by atoms with van der Waals surface area (Å²) < 4.78 is 6.00. The van der Waals surface area contributed by atoms with Gasteiger partial charge < -0.3 is 20.3 Å². The van der Waals surface area contributed by atoms with Crippen molar-refractivity contribution in [2.24, 2.45) is 0 Å². The Morgan fingerprint density at radius 3 is 2.68 bits per heavy atom. The van der Waals surface area contributed by atoms with E-state index in [2.05, 4.69) is 21.2 Å². The number of para-hydroxylation sites is 1. The lowest BCUT2D eigenvalue weighted by Gasteiger charge is -2.10. The summed E-state index contributed by atoms with van der Waals surface area (Å²) in [5.74, 6) is 0.545. The van der Waals surface area contributed by atoms with Gasteiger partial charge in [0.05, 0.1) is 11.6 Å². The van der Waals surface area contributed by atoms with E-state index in [-0.39, 0.29) is 11.5 Å². The zero-order chi connectivity index (χ0) is 13.8. The van der Waals surface area contributed by atoms with Crippen LogP contribution in [0.2, 0.25) is 0 Å². The third kappa shape index (κ3) is 3.12. The first kappa shape index (κ1) is 13.5. The fraction of sp³-hybridized carbons (Fsp3) is 0.143. The molecule has 4 nitrogen and oxygen atoms in total. The molecular weight excluding hydrogens is 310 g/mol. The molecule has 5 heteroatoms. The Hall–Kier alpha value is -1.88. The maximum atomic E-state index is 9.69. The molecule has 2 rings (SSSR count). The molecule has 19 heavy (non-hydrogen) atoms. The van der Waals surface area contributed by atoms with E-state index in [1.165, 1.54) is 6.07 Å². The molecule has 2 aromatic rings. The van der Waals surface area contributed by atoms with E-state index in [4.69, 9.17) is 4.74 Å². The van der Waals surface area contributed by atoms with Crippen molar-refractivity contribution in [3.8, 4) is 17.2 Å². The van der Waals surface area contributed by atoms with Crippen molar-refractivity contribution in [1.82, 2.24) is 0 Å². The highest BCUT2D eigenvalue weighted by Crippen LogP contribution is 2.30. The third-order valence-corrected chi connectivity index (χ3v) is 3.35. The van der Waals surface area contributed by atoms with Gasteiger partial charge in [-0.05, 0) is 40.2 Å². The van der Waals surface area contributed by atoms with Crippen molar-refractivity contribution in [3.05, 3.63) is 46.4 Å². The molecule has 2 aromatic carbocycles. The standard InChI is InChI=1S/C14H14BrNO3/c1-19-13-6-5-10(7-11(13)15)16-8-9-3-2-4-12(17)14(9)18/h2-7,16-18H,8H2,1H3. The summed E-state index contributed by atoms with van der Waals surface area (Å²) in [6.45, 7) is 0.416. The van der Waals surface area contributed by atoms with Crippen molar-refractivity contribution in [1.29, 1.82) is 0 Å². The van der Waals surface area contributed by atoms with Crippen molar-refractivity contribution in [2.75, 3.05) is 12.4 Å². The monoisotopic (exact) mass is 323 g/mol. The minimum atomic E-state index is -0.116. The van der Waals surface area contributed by atoms with Crippen LogP contribution >= 0.6 is 15.9 Å². The molecule has 0 aliphatic carbocycles. The number of phenolic OH excluding ortho intramolecular Hbond substituents is 2. The summed E-state index contributed by atoms with van der Waals surface area (Å²) in [5, 5.41) is 22.3. The molecule has 0 radical (unpaired) electrons. The molecule has 3 N–H and O–H groups in total. The van der Waals surface area contributed by atoms with Crippen LogP contribution in [0.15, 0.2) is 40.9 Å². The van der Waals surface area contributed by atoms with Gasteiger partial charge in [0.1, 0.15) is 5.75 Å². The van der Waals surface area contributed by atoms with E-state index >= 15 is 0 Å². The summed E-state index contributed by atoms with van der Waals surface area (Å²) in [5.41, 5.74) is 1.52. The van der Waals surface area contributed by atoms with E-state index in [9.17, 15) is 10.2 Å². The minimum Gasteiger partial charge on any atom is -0.504 e. The van der Waals surface area contributed by atoms with Crippen LogP contribution in [0.25, 0.3) is 0 Å². The van der Waals surface area contributed by atoms with Crippen molar-refractivity contribution in [3.63, 3.8) is 0 Å². The molecule has 0 aliphatic rings. The lowest BCUT2D eigenvalue weighted by Crippen LogP contribution is -2.00. The second kappa shape index (κ2) is 5.84. The maximum absolute atomic E-state index is 9.69. The number of nitrogens with one attached hydrogen (secondary N) is 1. The summed E-state index contributed by atoms with van der Waals surface area (Å²) >= 11 is 3.41. The number of halogens is 1. The Morgan fingerprint density at radius 1 is 1.21 bits per heavy atom. The van der Waals surface area contributed by atoms with Crippen molar-refractivity contribution >= 4 is 21.6 Å². The van der Waals surface area contributed by atoms with Crippen LogP contribution in [0.5, 0.6) is 17.2 Å². The molecule has 100 valence electrons. The number of ether oxygens (including phenoxy) is 1. The summed E-state index contributed by atoms with van der Waals surface area (Å²) in [6, 6.07) is 10.5. The molecule has 0 spiro atoms. The first-order valence-corrected chi connectivity index (χ1v) is 6.48. The second-order valence-corrected chi connectivity index (χ2v) is 4.84. The van der Waals surface area contributed by atoms with E-state index in [1.54, 1.807) is 19.2 Å². The van der Waals surface area contributed by atoms with Crippen LogP contribution in [0, 0.1) is 0 Å². The quantitative estimate of drug-likeness (QED) is 0.754. The minimum absolute atomic E-state index is 0.0948. The molecule has 0 saturated carbocycles. The fourth-order valence-corrected chi connectivity index (χ4v) is 2.23. The van der Waals surface area contributed by atoms with Gasteiger partial charge in [-0.25, -0.2) is 0 Å². The molecule has 0 heterocycles. The van der Waals surface area contributed by atoms with Gasteiger partial charge in [0.25, 0.3) is 0 Å². The van der Waals surface area contributed by atoms with Gasteiger partial charge in [-0.1, -0.05) is 12.1 Å². The zero-order valence-corrected chi connectivity index (χ0v) is 11.9. The van der Waals surface area contributed by atoms with Gasteiger partial charge in [-0.2, -0.15) is 0 Å². The van der Waals surface area contributed by atoms with Crippen LogP contribution in [0.4, 0.5) is 5.69 Å². The summed E-state index contributed by atoms with van der Waals surface area (Å²) in [7, 11) is 1.61. The Kier molecular flexibility index (Phi) is 4.16. The van der Waals surface area contributed by atoms with E-state index in [0.717, 1.165) is 15.9 Å². The number of benzene rings is 2. The predicted octanol–water partition coefficient (Wildman–Crippen LogP) is 3.48. The first-order valence-electron chi connectivity index (χ1n) is 5.69. The van der Waals surface area contributed by atoms with Crippen molar-refractivity contribution < 1.29 is 14.9 Å². The first-order chi connectivity index (χ1) is 9.11. The predicted molar refractivity (Wildman–Crippen MR) is 77.8 cm³/mol. The zero-order valence-electron chi connectivity index (χ0n) is 10.4. The Bertz CT molecular complexity index is 587. The average molecular weight is 324 g/mol. The van der Waals surface area contributed by atoms with E-state index in [1.807, 2.05) is 18.2 Å². The second-order valence-electron chi connectivity index (χ2n) is 3.99. The molecule has 0 bridgehead atoms. The number of aromatic hydroxyl groups is 2. The lowest BCUT2D eigenvalue weighted by atomic mass is 10.2. The van der Waals surface area contributed by atoms with Crippen LogP contribution in [-0.4, -0.2) is 17.3 Å². The van der Waals surface area contributed by atoms with Crippen molar-refractivity contribution in [2.45, 2.75) is 6.54 Å². The Morgan fingerprint density at radius 2 is 2.00 bits per heavy atom. The molecule has 0 aromatic heterocycles. The van der Waals surface area contributed by atoms with Gasteiger partial charge in [-0.15, -0.1) is 0 Å². The number of methoxy groups -OCH3 is 1. The number of hydrogen-bond acceptors (Lipinski definition) is 4. The van der Waals surface area contributed by atoms with Gasteiger partial charge in [0.15, 0.2) is 11.5 Å². The third-order valence-electron chi connectivity index (χ3n) is 2.73. The fourth-order valence-electron chi connectivity index (χ4n) is 1.69.